The molecule has 28 heavy (non-hydrogen) atoms. The van der Waals surface area contributed by atoms with Gasteiger partial charge in [-0.25, -0.2) is 5.43 Å². The molecular weight excluding hydrogens is 358 g/mol. The SMILES string of the molecule is CCOC(=O)Cn1c(C)c(/C=N\NC(=O)c2ccccc2O)c2ccccc21. The third-order valence-corrected chi connectivity index (χ3v) is 4.38. The van der Waals surface area contributed by atoms with Crippen molar-refractivity contribution in [3.63, 3.8) is 0 Å². The minimum atomic E-state index is -0.512. The van der Waals surface area contributed by atoms with Crippen LogP contribution in [0.25, 0.3) is 10.9 Å². The van der Waals surface area contributed by atoms with Gasteiger partial charge in [0, 0.05) is 22.2 Å². The first-order valence-corrected chi connectivity index (χ1v) is 8.87. The first-order chi connectivity index (χ1) is 13.5. The molecule has 3 aromatic rings. The Morgan fingerprint density at radius 3 is 2.64 bits per heavy atom. The number of phenols is 1. The number of aromatic nitrogens is 1. The zero-order chi connectivity index (χ0) is 20.1. The third kappa shape index (κ3) is 3.88. The van der Waals surface area contributed by atoms with Crippen molar-refractivity contribution in [3.05, 3.63) is 65.4 Å². The summed E-state index contributed by atoms with van der Waals surface area (Å²) in [4.78, 5) is 24.1. The second-order valence-corrected chi connectivity index (χ2v) is 6.12. The maximum Gasteiger partial charge on any atom is 0.325 e. The smallest absolute Gasteiger partial charge is 0.325 e. The van der Waals surface area contributed by atoms with Crippen LogP contribution >= 0.6 is 0 Å². The number of rotatable bonds is 6. The van der Waals surface area contributed by atoms with Gasteiger partial charge in [0.05, 0.1) is 18.4 Å². The number of nitrogens with zero attached hydrogens (tertiary/aromatic N) is 2. The Kier molecular flexibility index (Phi) is 5.74. The fourth-order valence-electron chi connectivity index (χ4n) is 3.04. The first-order valence-electron chi connectivity index (χ1n) is 8.87. The number of amides is 1. The molecule has 1 heterocycles. The van der Waals surface area contributed by atoms with Gasteiger partial charge in [-0.3, -0.25) is 9.59 Å². The molecule has 0 fully saturated rings. The minimum Gasteiger partial charge on any atom is -0.507 e. The van der Waals surface area contributed by atoms with Crippen molar-refractivity contribution in [2.45, 2.75) is 20.4 Å². The highest BCUT2D eigenvalue weighted by Gasteiger charge is 2.15. The summed E-state index contributed by atoms with van der Waals surface area (Å²) in [5.41, 5.74) is 5.05. The number of carbonyl (C=O) groups excluding carboxylic acids is 2. The maximum absolute atomic E-state index is 12.2. The second kappa shape index (κ2) is 8.39. The van der Waals surface area contributed by atoms with Crippen molar-refractivity contribution in [2.24, 2.45) is 5.10 Å². The molecule has 144 valence electrons. The lowest BCUT2D eigenvalue weighted by molar-refractivity contribution is -0.143. The van der Waals surface area contributed by atoms with E-state index in [2.05, 4.69) is 10.5 Å². The van der Waals surface area contributed by atoms with Gasteiger partial charge in [0.1, 0.15) is 12.3 Å². The quantitative estimate of drug-likeness (QED) is 0.391. The van der Waals surface area contributed by atoms with Gasteiger partial charge < -0.3 is 14.4 Å². The Morgan fingerprint density at radius 2 is 1.89 bits per heavy atom. The summed E-state index contributed by atoms with van der Waals surface area (Å²) in [5, 5.41) is 14.7. The zero-order valence-corrected chi connectivity index (χ0v) is 15.7. The van der Waals surface area contributed by atoms with E-state index in [1.807, 2.05) is 35.8 Å². The topological polar surface area (TPSA) is 92.9 Å². The lowest BCUT2D eigenvalue weighted by Gasteiger charge is -2.07. The Hall–Kier alpha value is -3.61. The molecule has 0 saturated carbocycles. The standard InChI is InChI=1S/C21H21N3O4/c1-3-28-20(26)13-24-14(2)17(15-8-4-6-10-18(15)24)12-22-23-21(27)16-9-5-7-11-19(16)25/h4-12,25H,3,13H2,1-2H3,(H,23,27)/b22-12-. The first kappa shape index (κ1) is 19.2. The van der Waals surface area contributed by atoms with Gasteiger partial charge in [-0.15, -0.1) is 0 Å². The van der Waals surface area contributed by atoms with E-state index in [-0.39, 0.29) is 23.8 Å². The van der Waals surface area contributed by atoms with E-state index in [0.29, 0.717) is 6.61 Å². The highest BCUT2D eigenvalue weighted by molar-refractivity contribution is 6.02. The van der Waals surface area contributed by atoms with Crippen molar-refractivity contribution < 1.29 is 19.4 Å². The molecule has 7 nitrogen and oxygen atoms in total. The molecule has 1 aromatic heterocycles. The number of hydrogen-bond donors (Lipinski definition) is 2. The number of fused-ring (bicyclic) bond motifs is 1. The van der Waals surface area contributed by atoms with Gasteiger partial charge in [-0.1, -0.05) is 30.3 Å². The van der Waals surface area contributed by atoms with Crippen LogP contribution in [0.15, 0.2) is 53.6 Å². The van der Waals surface area contributed by atoms with Crippen molar-refractivity contribution >= 4 is 29.0 Å². The Bertz CT molecular complexity index is 1050. The van der Waals surface area contributed by atoms with Crippen LogP contribution in [-0.2, 0) is 16.1 Å². The maximum atomic E-state index is 12.2. The molecule has 0 atom stereocenters. The molecule has 0 radical (unpaired) electrons. The molecule has 2 N–H and O–H groups in total. The molecule has 0 saturated heterocycles. The lowest BCUT2D eigenvalue weighted by atomic mass is 10.1. The van der Waals surface area contributed by atoms with Gasteiger partial charge in [0.25, 0.3) is 5.91 Å². The molecule has 2 aromatic carbocycles. The number of para-hydroxylation sites is 2. The van der Waals surface area contributed by atoms with Crippen LogP contribution in [0.1, 0.15) is 28.5 Å². The second-order valence-electron chi connectivity index (χ2n) is 6.12. The number of carbonyl (C=O) groups is 2. The number of benzene rings is 2. The molecule has 3 rings (SSSR count). The Labute approximate surface area is 162 Å². The zero-order valence-electron chi connectivity index (χ0n) is 15.7. The summed E-state index contributed by atoms with van der Waals surface area (Å²) in [6.45, 7) is 4.07. The highest BCUT2D eigenvalue weighted by atomic mass is 16.5. The number of hydrogen-bond acceptors (Lipinski definition) is 5. The molecule has 0 bridgehead atoms. The fraction of sp³-hybridized carbons (Fsp3) is 0.190. The number of esters is 1. The van der Waals surface area contributed by atoms with Crippen LogP contribution in [0.3, 0.4) is 0 Å². The summed E-state index contributed by atoms with van der Waals surface area (Å²) < 4.78 is 6.92. The van der Waals surface area contributed by atoms with Gasteiger partial charge in [-0.2, -0.15) is 5.10 Å². The monoisotopic (exact) mass is 379 g/mol. The normalized spacial score (nSPS) is 11.1. The lowest BCUT2D eigenvalue weighted by Crippen LogP contribution is -2.17. The van der Waals surface area contributed by atoms with E-state index in [1.54, 1.807) is 19.1 Å². The number of nitrogens with one attached hydrogen (secondary N) is 1. The summed E-state index contributed by atoms with van der Waals surface area (Å²) in [6, 6.07) is 13.9. The van der Waals surface area contributed by atoms with E-state index in [1.165, 1.54) is 18.3 Å². The molecular formula is C21H21N3O4. The molecule has 0 aliphatic rings. The average Bonchev–Trinajstić information content (AvgIpc) is 2.94. The van der Waals surface area contributed by atoms with Gasteiger partial charge in [0.2, 0.25) is 0 Å². The minimum absolute atomic E-state index is 0.0955. The van der Waals surface area contributed by atoms with Crippen molar-refractivity contribution in [3.8, 4) is 5.75 Å². The van der Waals surface area contributed by atoms with E-state index in [4.69, 9.17) is 4.74 Å². The summed E-state index contributed by atoms with van der Waals surface area (Å²) in [5.74, 6) is -0.942. The molecule has 0 aliphatic carbocycles. The van der Waals surface area contributed by atoms with Crippen molar-refractivity contribution in [1.29, 1.82) is 0 Å². The summed E-state index contributed by atoms with van der Waals surface area (Å²) >= 11 is 0. The fourth-order valence-corrected chi connectivity index (χ4v) is 3.04. The molecule has 0 spiro atoms. The van der Waals surface area contributed by atoms with Crippen LogP contribution < -0.4 is 5.43 Å². The number of phenolic OH excluding ortho intramolecular Hbond substituents is 1. The third-order valence-electron chi connectivity index (χ3n) is 4.38. The summed E-state index contributed by atoms with van der Waals surface area (Å²) in [7, 11) is 0. The largest absolute Gasteiger partial charge is 0.507 e. The van der Waals surface area contributed by atoms with Crippen molar-refractivity contribution in [1.82, 2.24) is 9.99 Å². The Morgan fingerprint density at radius 1 is 1.18 bits per heavy atom. The van der Waals surface area contributed by atoms with E-state index in [0.717, 1.165) is 22.2 Å². The molecule has 1 amide bonds. The van der Waals surface area contributed by atoms with E-state index >= 15 is 0 Å². The average molecular weight is 379 g/mol. The highest BCUT2D eigenvalue weighted by Crippen LogP contribution is 2.24. The van der Waals surface area contributed by atoms with Gasteiger partial charge in [0.15, 0.2) is 0 Å². The van der Waals surface area contributed by atoms with Crippen LogP contribution in [-0.4, -0.2) is 34.4 Å². The number of aromatic hydroxyl groups is 1. The predicted molar refractivity (Wildman–Crippen MR) is 106 cm³/mol. The van der Waals surface area contributed by atoms with Gasteiger partial charge >= 0.3 is 5.97 Å². The van der Waals surface area contributed by atoms with Crippen LogP contribution in [0.4, 0.5) is 0 Å². The predicted octanol–water partition coefficient (Wildman–Crippen LogP) is 2.98. The van der Waals surface area contributed by atoms with E-state index in [9.17, 15) is 14.7 Å². The molecule has 7 heteroatoms. The summed E-state index contributed by atoms with van der Waals surface area (Å²) in [6.07, 6.45) is 1.54. The number of hydrazone groups is 1. The van der Waals surface area contributed by atoms with Crippen molar-refractivity contribution in [2.75, 3.05) is 6.61 Å². The molecule has 0 unspecified atom stereocenters. The Balaban J connectivity index is 1.88. The van der Waals surface area contributed by atoms with Crippen LogP contribution in [0, 0.1) is 6.92 Å². The number of ether oxygens (including phenoxy) is 1. The van der Waals surface area contributed by atoms with Crippen LogP contribution in [0.5, 0.6) is 5.75 Å². The van der Waals surface area contributed by atoms with Crippen LogP contribution in [0.2, 0.25) is 0 Å². The van der Waals surface area contributed by atoms with E-state index < -0.39 is 5.91 Å². The molecule has 0 aliphatic heterocycles. The van der Waals surface area contributed by atoms with Gasteiger partial charge in [-0.05, 0) is 32.0 Å².